The van der Waals surface area contributed by atoms with Crippen LogP contribution >= 0.6 is 0 Å². The highest BCUT2D eigenvalue weighted by Crippen LogP contribution is 2.38. The standard InChI is InChI=1S/C23H25N3O4/c1-5-30-19(27)14-26-18-9-7-6-8-17(18)20(22(26)29)24-25-21(28)15-10-12-16(13-11-15)23(2,3)4/h6-13,29H,5,14H2,1-4H3. The number of nitrogens with zero attached hydrogens (tertiary/aromatic N) is 3. The molecule has 0 radical (unpaired) electrons. The van der Waals surface area contributed by atoms with Gasteiger partial charge in [-0.1, -0.05) is 51.1 Å². The highest BCUT2D eigenvalue weighted by molar-refractivity contribution is 5.97. The number of amides is 1. The maximum Gasteiger partial charge on any atom is 0.326 e. The van der Waals surface area contributed by atoms with Gasteiger partial charge in [0.05, 0.1) is 12.1 Å². The van der Waals surface area contributed by atoms with Gasteiger partial charge < -0.3 is 9.84 Å². The van der Waals surface area contributed by atoms with Crippen molar-refractivity contribution in [2.75, 3.05) is 6.61 Å². The molecule has 1 N–H and O–H groups in total. The van der Waals surface area contributed by atoms with E-state index in [1.165, 1.54) is 4.57 Å². The molecule has 0 unspecified atom stereocenters. The molecule has 0 spiro atoms. The zero-order chi connectivity index (χ0) is 21.9. The molecule has 1 aromatic heterocycles. The van der Waals surface area contributed by atoms with Crippen LogP contribution in [0.5, 0.6) is 5.88 Å². The van der Waals surface area contributed by atoms with E-state index in [1.54, 1.807) is 43.3 Å². The average Bonchev–Trinajstić information content (AvgIpc) is 2.97. The number of esters is 1. The van der Waals surface area contributed by atoms with Gasteiger partial charge in [0.15, 0.2) is 5.69 Å². The number of hydrogen-bond donors (Lipinski definition) is 1. The van der Waals surface area contributed by atoms with Gasteiger partial charge in [0.25, 0.3) is 5.91 Å². The number of benzene rings is 2. The van der Waals surface area contributed by atoms with Crippen molar-refractivity contribution in [3.63, 3.8) is 0 Å². The van der Waals surface area contributed by atoms with Crippen LogP contribution in [0.4, 0.5) is 5.69 Å². The van der Waals surface area contributed by atoms with Crippen molar-refractivity contribution in [2.24, 2.45) is 10.2 Å². The summed E-state index contributed by atoms with van der Waals surface area (Å²) in [4.78, 5) is 24.4. The molecule has 0 aliphatic carbocycles. The predicted molar refractivity (Wildman–Crippen MR) is 114 cm³/mol. The van der Waals surface area contributed by atoms with Gasteiger partial charge in [0.2, 0.25) is 5.88 Å². The van der Waals surface area contributed by atoms with Crippen molar-refractivity contribution in [1.82, 2.24) is 4.57 Å². The first-order chi connectivity index (χ1) is 14.2. The molecule has 0 aliphatic rings. The zero-order valence-electron chi connectivity index (χ0n) is 17.5. The summed E-state index contributed by atoms with van der Waals surface area (Å²) in [6.07, 6.45) is 0. The molecule has 0 saturated heterocycles. The highest BCUT2D eigenvalue weighted by atomic mass is 16.5. The smallest absolute Gasteiger partial charge is 0.326 e. The molecule has 3 aromatic rings. The van der Waals surface area contributed by atoms with E-state index >= 15 is 0 Å². The van der Waals surface area contributed by atoms with E-state index in [4.69, 9.17) is 4.74 Å². The van der Waals surface area contributed by atoms with E-state index < -0.39 is 11.9 Å². The Bertz CT molecular complexity index is 1110. The Balaban J connectivity index is 1.91. The van der Waals surface area contributed by atoms with Gasteiger partial charge >= 0.3 is 5.97 Å². The monoisotopic (exact) mass is 407 g/mol. The third kappa shape index (κ3) is 4.40. The number of para-hydroxylation sites is 1. The number of fused-ring (bicyclic) bond motifs is 1. The Morgan fingerprint density at radius 2 is 1.73 bits per heavy atom. The van der Waals surface area contributed by atoms with Crippen molar-refractivity contribution in [3.05, 3.63) is 59.7 Å². The molecule has 0 saturated carbocycles. The lowest BCUT2D eigenvalue weighted by Crippen LogP contribution is -2.12. The second-order valence-electron chi connectivity index (χ2n) is 7.91. The topological polar surface area (TPSA) is 93.2 Å². The van der Waals surface area contributed by atoms with Crippen molar-refractivity contribution in [2.45, 2.75) is 39.7 Å². The summed E-state index contributed by atoms with van der Waals surface area (Å²) in [6.45, 7) is 8.08. The molecule has 7 nitrogen and oxygen atoms in total. The Morgan fingerprint density at radius 1 is 1.07 bits per heavy atom. The Labute approximate surface area is 175 Å². The lowest BCUT2D eigenvalue weighted by Gasteiger charge is -2.18. The number of rotatable bonds is 5. The van der Waals surface area contributed by atoms with Crippen LogP contribution in [0.2, 0.25) is 0 Å². The summed E-state index contributed by atoms with van der Waals surface area (Å²) in [5.41, 5.74) is 2.22. The molecule has 156 valence electrons. The molecular weight excluding hydrogens is 382 g/mol. The van der Waals surface area contributed by atoms with Crippen LogP contribution in [0.15, 0.2) is 58.8 Å². The summed E-state index contributed by atoms with van der Waals surface area (Å²) in [5, 5.41) is 19.0. The second-order valence-corrected chi connectivity index (χ2v) is 7.91. The fourth-order valence-corrected chi connectivity index (χ4v) is 3.13. The molecule has 0 atom stereocenters. The first kappa shape index (κ1) is 21.2. The number of aromatic hydroxyl groups is 1. The van der Waals surface area contributed by atoms with Gasteiger partial charge in [-0.3, -0.25) is 14.2 Å². The predicted octanol–water partition coefficient (Wildman–Crippen LogP) is 5.13. The Morgan fingerprint density at radius 3 is 2.37 bits per heavy atom. The van der Waals surface area contributed by atoms with Gasteiger partial charge in [-0.25, -0.2) is 0 Å². The third-order valence-corrected chi connectivity index (χ3v) is 4.75. The van der Waals surface area contributed by atoms with Crippen LogP contribution < -0.4 is 0 Å². The number of hydrogen-bond acceptors (Lipinski definition) is 5. The quantitative estimate of drug-likeness (QED) is 0.468. The molecular formula is C23H25N3O4. The molecule has 1 amide bonds. The molecule has 0 bridgehead atoms. The number of carbonyl (C=O) groups is 2. The maximum atomic E-state index is 12.5. The van der Waals surface area contributed by atoms with E-state index in [0.29, 0.717) is 16.5 Å². The van der Waals surface area contributed by atoms with Crippen LogP contribution in [0.3, 0.4) is 0 Å². The van der Waals surface area contributed by atoms with E-state index in [9.17, 15) is 14.7 Å². The van der Waals surface area contributed by atoms with Crippen LogP contribution in [0.25, 0.3) is 10.9 Å². The minimum absolute atomic E-state index is 0.0182. The first-order valence-electron chi connectivity index (χ1n) is 9.74. The lowest BCUT2D eigenvalue weighted by molar-refractivity contribution is -0.143. The van der Waals surface area contributed by atoms with Gasteiger partial charge in [0.1, 0.15) is 6.54 Å². The summed E-state index contributed by atoms with van der Waals surface area (Å²) in [6, 6.07) is 14.3. The Kier molecular flexibility index (Phi) is 6.01. The highest BCUT2D eigenvalue weighted by Gasteiger charge is 2.19. The first-order valence-corrected chi connectivity index (χ1v) is 9.74. The summed E-state index contributed by atoms with van der Waals surface area (Å²) in [7, 11) is 0. The summed E-state index contributed by atoms with van der Waals surface area (Å²) < 4.78 is 6.36. The van der Waals surface area contributed by atoms with Crippen molar-refractivity contribution >= 4 is 28.5 Å². The minimum atomic E-state index is -0.517. The summed E-state index contributed by atoms with van der Waals surface area (Å²) >= 11 is 0. The molecule has 0 aliphatic heterocycles. The number of aromatic nitrogens is 1. The van der Waals surface area contributed by atoms with Crippen molar-refractivity contribution in [3.8, 4) is 5.88 Å². The van der Waals surface area contributed by atoms with Crippen LogP contribution in [-0.2, 0) is 21.5 Å². The maximum absolute atomic E-state index is 12.5. The van der Waals surface area contributed by atoms with Crippen LogP contribution in [0.1, 0.15) is 43.6 Å². The number of azo groups is 1. The van der Waals surface area contributed by atoms with Gasteiger partial charge in [0, 0.05) is 10.9 Å². The average molecular weight is 407 g/mol. The van der Waals surface area contributed by atoms with Crippen molar-refractivity contribution in [1.29, 1.82) is 0 Å². The normalized spacial score (nSPS) is 11.9. The summed E-state index contributed by atoms with van der Waals surface area (Å²) in [5.74, 6) is -1.24. The van der Waals surface area contributed by atoms with Crippen LogP contribution in [0, 0.1) is 0 Å². The molecule has 1 heterocycles. The van der Waals surface area contributed by atoms with E-state index in [-0.39, 0.29) is 30.1 Å². The molecule has 7 heteroatoms. The number of carbonyl (C=O) groups excluding carboxylic acids is 2. The fourth-order valence-electron chi connectivity index (χ4n) is 3.13. The van der Waals surface area contributed by atoms with Gasteiger partial charge in [-0.15, -0.1) is 10.2 Å². The Hall–Kier alpha value is -3.48. The van der Waals surface area contributed by atoms with E-state index in [0.717, 1.165) is 5.56 Å². The zero-order valence-corrected chi connectivity index (χ0v) is 17.5. The lowest BCUT2D eigenvalue weighted by atomic mass is 9.87. The SMILES string of the molecule is CCOC(=O)Cn1c(O)c(N=NC(=O)c2ccc(C(C)(C)C)cc2)c2ccccc21. The fraction of sp³-hybridized carbons (Fsp3) is 0.304. The molecule has 3 rings (SSSR count). The molecule has 2 aromatic carbocycles. The van der Waals surface area contributed by atoms with E-state index in [1.807, 2.05) is 12.1 Å². The molecule has 30 heavy (non-hydrogen) atoms. The second kappa shape index (κ2) is 8.49. The largest absolute Gasteiger partial charge is 0.493 e. The van der Waals surface area contributed by atoms with Gasteiger partial charge in [-0.2, -0.15) is 0 Å². The number of ether oxygens (including phenoxy) is 1. The van der Waals surface area contributed by atoms with Crippen molar-refractivity contribution < 1.29 is 19.4 Å². The van der Waals surface area contributed by atoms with Gasteiger partial charge in [-0.05, 0) is 36.1 Å². The third-order valence-electron chi connectivity index (χ3n) is 4.75. The van der Waals surface area contributed by atoms with E-state index in [2.05, 4.69) is 31.0 Å². The molecule has 0 fully saturated rings. The van der Waals surface area contributed by atoms with Crippen LogP contribution in [-0.4, -0.2) is 28.2 Å². The minimum Gasteiger partial charge on any atom is -0.493 e.